The zero-order valence-corrected chi connectivity index (χ0v) is 14.5. The molecule has 0 amide bonds. The monoisotopic (exact) mass is 349 g/mol. The van der Waals surface area contributed by atoms with Gasteiger partial charge in [-0.05, 0) is 49.7 Å². The Morgan fingerprint density at radius 2 is 1.74 bits per heavy atom. The van der Waals surface area contributed by atoms with Crippen molar-refractivity contribution in [1.29, 1.82) is 0 Å². The van der Waals surface area contributed by atoms with Crippen molar-refractivity contribution < 1.29 is 13.5 Å². The summed E-state index contributed by atoms with van der Waals surface area (Å²) in [6.45, 7) is 3.00. The number of nitrogens with zero attached hydrogens (tertiary/aromatic N) is 1. The highest BCUT2D eigenvalue weighted by Crippen LogP contribution is 2.33. The van der Waals surface area contributed by atoms with Crippen molar-refractivity contribution in [3.63, 3.8) is 0 Å². The Hall–Kier alpha value is -1.50. The van der Waals surface area contributed by atoms with E-state index in [0.29, 0.717) is 18.0 Å². The first kappa shape index (κ1) is 16.4. The van der Waals surface area contributed by atoms with Gasteiger partial charge in [0.25, 0.3) is 0 Å². The van der Waals surface area contributed by atoms with Gasteiger partial charge in [-0.15, -0.1) is 11.8 Å². The van der Waals surface area contributed by atoms with E-state index in [9.17, 15) is 13.5 Å². The van der Waals surface area contributed by atoms with E-state index in [0.717, 1.165) is 16.9 Å². The second-order valence-electron chi connectivity index (χ2n) is 5.70. The summed E-state index contributed by atoms with van der Waals surface area (Å²) in [5.41, 5.74) is 1.05. The van der Waals surface area contributed by atoms with Crippen LogP contribution in [-0.2, 0) is 10.0 Å². The van der Waals surface area contributed by atoms with Gasteiger partial charge in [0, 0.05) is 23.2 Å². The topological polar surface area (TPSA) is 57.6 Å². The number of aromatic hydroxyl groups is 1. The van der Waals surface area contributed by atoms with Crippen LogP contribution in [0.5, 0.6) is 5.75 Å². The van der Waals surface area contributed by atoms with Crippen molar-refractivity contribution in [2.45, 2.75) is 28.4 Å². The van der Waals surface area contributed by atoms with Crippen LogP contribution < -0.4 is 0 Å². The first-order valence-corrected chi connectivity index (χ1v) is 9.79. The van der Waals surface area contributed by atoms with Crippen molar-refractivity contribution in [2.75, 3.05) is 13.1 Å². The van der Waals surface area contributed by atoms with Crippen LogP contribution in [0, 0.1) is 6.92 Å². The molecule has 2 aromatic carbocycles. The van der Waals surface area contributed by atoms with Gasteiger partial charge in [-0.25, -0.2) is 8.42 Å². The Morgan fingerprint density at radius 3 is 2.39 bits per heavy atom. The van der Waals surface area contributed by atoms with Gasteiger partial charge >= 0.3 is 0 Å². The first-order chi connectivity index (χ1) is 10.9. The molecule has 1 heterocycles. The van der Waals surface area contributed by atoms with Crippen molar-refractivity contribution in [3.8, 4) is 5.75 Å². The van der Waals surface area contributed by atoms with Crippen molar-refractivity contribution in [3.05, 3.63) is 54.1 Å². The molecule has 1 N–H and O–H groups in total. The molecule has 23 heavy (non-hydrogen) atoms. The minimum atomic E-state index is -3.41. The number of aryl methyl sites for hydroxylation is 1. The molecule has 122 valence electrons. The predicted octanol–water partition coefficient (Wildman–Crippen LogP) is 3.26. The molecule has 1 atom stereocenters. The third kappa shape index (κ3) is 3.71. The molecule has 0 aliphatic carbocycles. The summed E-state index contributed by atoms with van der Waals surface area (Å²) >= 11 is 1.66. The number of thioether (sulfide) groups is 1. The van der Waals surface area contributed by atoms with Crippen LogP contribution in [0.4, 0.5) is 0 Å². The number of rotatable bonds is 4. The van der Waals surface area contributed by atoms with Crippen molar-refractivity contribution in [2.24, 2.45) is 0 Å². The minimum Gasteiger partial charge on any atom is -0.508 e. The summed E-state index contributed by atoms with van der Waals surface area (Å²) in [4.78, 5) is 1.40. The van der Waals surface area contributed by atoms with Gasteiger partial charge in [0.2, 0.25) is 10.0 Å². The number of benzene rings is 2. The number of phenols is 1. The summed E-state index contributed by atoms with van der Waals surface area (Å²) in [5, 5.41) is 9.55. The maximum absolute atomic E-state index is 12.7. The molecule has 3 rings (SSSR count). The molecule has 1 aliphatic rings. The fourth-order valence-corrected chi connectivity index (χ4v) is 5.34. The molecule has 4 nitrogen and oxygen atoms in total. The van der Waals surface area contributed by atoms with Crippen LogP contribution in [0.15, 0.2) is 58.3 Å². The molecule has 6 heteroatoms. The highest BCUT2D eigenvalue weighted by Gasteiger charge is 2.32. The molecule has 0 unspecified atom stereocenters. The second kappa shape index (κ2) is 6.55. The third-order valence-electron chi connectivity index (χ3n) is 3.91. The smallest absolute Gasteiger partial charge is 0.243 e. The standard InChI is InChI=1S/C17H19NO3S2/c1-13-2-8-17(9-3-13)23(20,21)18-11-10-16(12-18)22-15-6-4-14(19)5-7-15/h2-9,16,19H,10-12H2,1H3/t16-/m0/s1. The quantitative estimate of drug-likeness (QED) is 0.920. The van der Waals surface area contributed by atoms with Crippen LogP contribution in [0.1, 0.15) is 12.0 Å². The SMILES string of the molecule is Cc1ccc(S(=O)(=O)N2CC[C@H](Sc3ccc(O)cc3)C2)cc1. The fourth-order valence-electron chi connectivity index (χ4n) is 2.59. The zero-order chi connectivity index (χ0) is 16.4. The van der Waals surface area contributed by atoms with E-state index in [1.165, 1.54) is 0 Å². The summed E-state index contributed by atoms with van der Waals surface area (Å²) in [6.07, 6.45) is 0.830. The summed E-state index contributed by atoms with van der Waals surface area (Å²) < 4.78 is 26.9. The van der Waals surface area contributed by atoms with E-state index in [2.05, 4.69) is 0 Å². The number of hydrogen-bond donors (Lipinski definition) is 1. The van der Waals surface area contributed by atoms with Crippen LogP contribution in [0.2, 0.25) is 0 Å². The Balaban J connectivity index is 1.69. The molecule has 0 spiro atoms. The van der Waals surface area contributed by atoms with Gasteiger partial charge in [-0.2, -0.15) is 4.31 Å². The second-order valence-corrected chi connectivity index (χ2v) is 9.01. The van der Waals surface area contributed by atoms with Gasteiger partial charge in [-0.1, -0.05) is 17.7 Å². The van der Waals surface area contributed by atoms with Gasteiger partial charge in [-0.3, -0.25) is 0 Å². The maximum Gasteiger partial charge on any atom is 0.243 e. The van der Waals surface area contributed by atoms with E-state index in [1.807, 2.05) is 31.2 Å². The van der Waals surface area contributed by atoms with E-state index in [1.54, 1.807) is 40.3 Å². The van der Waals surface area contributed by atoms with Crippen LogP contribution in [-0.4, -0.2) is 36.2 Å². The van der Waals surface area contributed by atoms with Crippen LogP contribution >= 0.6 is 11.8 Å². The van der Waals surface area contributed by atoms with Crippen LogP contribution in [0.25, 0.3) is 0 Å². The number of hydrogen-bond acceptors (Lipinski definition) is 4. The first-order valence-electron chi connectivity index (χ1n) is 7.48. The molecule has 1 fully saturated rings. The Labute approximate surface area is 141 Å². The lowest BCUT2D eigenvalue weighted by molar-refractivity contribution is 0.475. The molecule has 1 aliphatic heterocycles. The molecule has 0 bridgehead atoms. The Morgan fingerprint density at radius 1 is 1.09 bits per heavy atom. The van der Waals surface area contributed by atoms with Crippen molar-refractivity contribution in [1.82, 2.24) is 4.31 Å². The van der Waals surface area contributed by atoms with Gasteiger partial charge < -0.3 is 5.11 Å². The average Bonchev–Trinajstić information content (AvgIpc) is 2.99. The highest BCUT2D eigenvalue weighted by molar-refractivity contribution is 8.00. The largest absolute Gasteiger partial charge is 0.508 e. The van der Waals surface area contributed by atoms with E-state index in [-0.39, 0.29) is 11.0 Å². The molecular formula is C17H19NO3S2. The van der Waals surface area contributed by atoms with E-state index >= 15 is 0 Å². The molecule has 0 aromatic heterocycles. The van der Waals surface area contributed by atoms with Gasteiger partial charge in [0.1, 0.15) is 5.75 Å². The maximum atomic E-state index is 12.7. The molecule has 1 saturated heterocycles. The summed E-state index contributed by atoms with van der Waals surface area (Å²) in [5.74, 6) is 0.240. The minimum absolute atomic E-state index is 0.236. The number of phenolic OH excluding ortho intramolecular Hbond substituents is 1. The zero-order valence-electron chi connectivity index (χ0n) is 12.8. The molecular weight excluding hydrogens is 330 g/mol. The predicted molar refractivity (Wildman–Crippen MR) is 92.3 cm³/mol. The Bertz CT molecular complexity index is 770. The summed E-state index contributed by atoms with van der Waals surface area (Å²) in [6, 6.07) is 14.0. The average molecular weight is 349 g/mol. The fraction of sp³-hybridized carbons (Fsp3) is 0.294. The van der Waals surface area contributed by atoms with E-state index < -0.39 is 10.0 Å². The lowest BCUT2D eigenvalue weighted by Crippen LogP contribution is -2.29. The molecule has 0 saturated carbocycles. The van der Waals surface area contributed by atoms with Crippen molar-refractivity contribution >= 4 is 21.8 Å². The van der Waals surface area contributed by atoms with Crippen LogP contribution in [0.3, 0.4) is 0 Å². The van der Waals surface area contributed by atoms with Gasteiger partial charge in [0.05, 0.1) is 4.90 Å². The third-order valence-corrected chi connectivity index (χ3v) is 7.05. The lowest BCUT2D eigenvalue weighted by atomic mass is 10.2. The lowest BCUT2D eigenvalue weighted by Gasteiger charge is -2.16. The summed E-state index contributed by atoms with van der Waals surface area (Å²) in [7, 11) is -3.41. The molecule has 2 aromatic rings. The van der Waals surface area contributed by atoms with Gasteiger partial charge in [0.15, 0.2) is 0 Å². The highest BCUT2D eigenvalue weighted by atomic mass is 32.2. The number of sulfonamides is 1. The normalized spacial score (nSPS) is 19.1. The van der Waals surface area contributed by atoms with E-state index in [4.69, 9.17) is 0 Å². The molecule has 0 radical (unpaired) electrons. The Kier molecular flexibility index (Phi) is 4.66.